The van der Waals surface area contributed by atoms with E-state index in [4.69, 9.17) is 4.98 Å². The summed E-state index contributed by atoms with van der Waals surface area (Å²) in [6, 6.07) is 13.6. The van der Waals surface area contributed by atoms with Crippen molar-refractivity contribution in [1.82, 2.24) is 15.3 Å². The van der Waals surface area contributed by atoms with Gasteiger partial charge in [-0.1, -0.05) is 39.0 Å². The lowest BCUT2D eigenvalue weighted by molar-refractivity contribution is 0.0943. The fraction of sp³-hybridized carbons (Fsp3) is 0.407. The Morgan fingerprint density at radius 1 is 1.06 bits per heavy atom. The number of aromatic nitrogens is 2. The SMILES string of the molecule is CC(C)(C)[CH][C@H]1CC[C@H](CNC(=O)c2cc(-c3ccncc3)nc3ccccc23)CC1. The fourth-order valence-corrected chi connectivity index (χ4v) is 4.63. The van der Waals surface area contributed by atoms with Crippen molar-refractivity contribution in [2.75, 3.05) is 6.54 Å². The Hall–Kier alpha value is -2.75. The lowest BCUT2D eigenvalue weighted by Gasteiger charge is -2.32. The quantitative estimate of drug-likeness (QED) is 0.550. The van der Waals surface area contributed by atoms with Crippen molar-refractivity contribution in [3.63, 3.8) is 0 Å². The molecule has 2 aromatic heterocycles. The van der Waals surface area contributed by atoms with Crippen molar-refractivity contribution in [1.29, 1.82) is 0 Å². The van der Waals surface area contributed by atoms with Gasteiger partial charge in [0.25, 0.3) is 5.91 Å². The Morgan fingerprint density at radius 3 is 2.48 bits per heavy atom. The van der Waals surface area contributed by atoms with Gasteiger partial charge >= 0.3 is 0 Å². The first-order valence-corrected chi connectivity index (χ1v) is 11.3. The summed E-state index contributed by atoms with van der Waals surface area (Å²) in [5.74, 6) is 1.25. The van der Waals surface area contributed by atoms with E-state index in [0.717, 1.165) is 28.7 Å². The molecule has 1 aromatic carbocycles. The van der Waals surface area contributed by atoms with E-state index in [1.54, 1.807) is 12.4 Å². The molecule has 3 aromatic rings. The first kappa shape index (κ1) is 21.5. The highest BCUT2D eigenvalue weighted by Crippen LogP contribution is 2.35. The Bertz CT molecular complexity index is 1030. The molecular formula is C27H32N3O. The number of rotatable bonds is 5. The van der Waals surface area contributed by atoms with Gasteiger partial charge in [0.2, 0.25) is 0 Å². The van der Waals surface area contributed by atoms with E-state index < -0.39 is 0 Å². The Kier molecular flexibility index (Phi) is 6.35. The molecular weight excluding hydrogens is 382 g/mol. The summed E-state index contributed by atoms with van der Waals surface area (Å²) >= 11 is 0. The summed E-state index contributed by atoms with van der Waals surface area (Å²) in [6.07, 6.45) is 10.8. The summed E-state index contributed by atoms with van der Waals surface area (Å²) in [5.41, 5.74) is 3.56. The molecule has 1 aliphatic rings. The number of fused-ring (bicyclic) bond motifs is 1. The van der Waals surface area contributed by atoms with Crippen LogP contribution < -0.4 is 5.32 Å². The maximum absolute atomic E-state index is 13.2. The van der Waals surface area contributed by atoms with Gasteiger partial charge in [-0.15, -0.1) is 0 Å². The summed E-state index contributed by atoms with van der Waals surface area (Å²) < 4.78 is 0. The zero-order chi connectivity index (χ0) is 21.8. The average molecular weight is 415 g/mol. The first-order valence-electron chi connectivity index (χ1n) is 11.3. The van der Waals surface area contributed by atoms with Crippen molar-refractivity contribution < 1.29 is 4.79 Å². The van der Waals surface area contributed by atoms with Crippen LogP contribution in [0.25, 0.3) is 22.2 Å². The smallest absolute Gasteiger partial charge is 0.252 e. The molecule has 4 rings (SSSR count). The van der Waals surface area contributed by atoms with Crippen molar-refractivity contribution in [2.45, 2.75) is 46.5 Å². The molecule has 0 saturated heterocycles. The number of benzene rings is 1. The molecule has 1 amide bonds. The molecule has 161 valence electrons. The third kappa shape index (κ3) is 5.49. The van der Waals surface area contributed by atoms with Crippen LogP contribution in [0.5, 0.6) is 0 Å². The molecule has 4 nitrogen and oxygen atoms in total. The number of hydrogen-bond acceptors (Lipinski definition) is 3. The number of carbonyl (C=O) groups excluding carboxylic acids is 1. The summed E-state index contributed by atoms with van der Waals surface area (Å²) in [6.45, 7) is 7.57. The Balaban J connectivity index is 1.46. The molecule has 1 radical (unpaired) electrons. The zero-order valence-electron chi connectivity index (χ0n) is 18.8. The number of nitrogens with one attached hydrogen (secondary N) is 1. The molecule has 0 bridgehead atoms. The van der Waals surface area contributed by atoms with Gasteiger partial charge in [-0.2, -0.15) is 0 Å². The summed E-state index contributed by atoms with van der Waals surface area (Å²) in [7, 11) is 0. The normalized spacial score (nSPS) is 19.3. The molecule has 31 heavy (non-hydrogen) atoms. The number of amides is 1. The zero-order valence-corrected chi connectivity index (χ0v) is 18.8. The van der Waals surface area contributed by atoms with Gasteiger partial charge in [0.15, 0.2) is 0 Å². The fourth-order valence-electron chi connectivity index (χ4n) is 4.63. The van der Waals surface area contributed by atoms with Crippen molar-refractivity contribution >= 4 is 16.8 Å². The topological polar surface area (TPSA) is 54.9 Å². The van der Waals surface area contributed by atoms with Crippen LogP contribution in [0.2, 0.25) is 0 Å². The second-order valence-electron chi connectivity index (χ2n) is 9.83. The minimum Gasteiger partial charge on any atom is -0.352 e. The van der Waals surface area contributed by atoms with E-state index in [1.807, 2.05) is 42.5 Å². The van der Waals surface area contributed by atoms with Crippen LogP contribution in [-0.4, -0.2) is 22.4 Å². The van der Waals surface area contributed by atoms with E-state index in [1.165, 1.54) is 25.7 Å². The van der Waals surface area contributed by atoms with E-state index in [-0.39, 0.29) is 11.3 Å². The number of pyridine rings is 2. The second-order valence-corrected chi connectivity index (χ2v) is 9.83. The highest BCUT2D eigenvalue weighted by atomic mass is 16.1. The van der Waals surface area contributed by atoms with E-state index in [2.05, 4.69) is 37.5 Å². The van der Waals surface area contributed by atoms with Crippen LogP contribution in [-0.2, 0) is 0 Å². The lowest BCUT2D eigenvalue weighted by atomic mass is 9.74. The van der Waals surface area contributed by atoms with Crippen LogP contribution in [0.4, 0.5) is 0 Å². The predicted octanol–water partition coefficient (Wildman–Crippen LogP) is 6.08. The van der Waals surface area contributed by atoms with E-state index in [0.29, 0.717) is 17.4 Å². The monoisotopic (exact) mass is 414 g/mol. The molecule has 0 aliphatic heterocycles. The molecule has 0 spiro atoms. The standard InChI is InChI=1S/C27H32N3O/c1-27(2,3)17-19-8-10-20(11-9-19)18-29-26(31)23-16-25(21-12-14-28-15-13-21)30-24-7-5-4-6-22(23)24/h4-7,12-17,19-20H,8-11,18H2,1-3H3,(H,29,31)/t19-,20-. The number of carbonyl (C=O) groups is 1. The number of nitrogens with zero attached hydrogens (tertiary/aromatic N) is 2. The minimum atomic E-state index is -0.0164. The van der Waals surface area contributed by atoms with Crippen LogP contribution in [0.15, 0.2) is 54.9 Å². The third-order valence-electron chi connectivity index (χ3n) is 6.12. The van der Waals surface area contributed by atoms with Gasteiger partial charge in [-0.05, 0) is 73.6 Å². The van der Waals surface area contributed by atoms with Crippen LogP contribution in [0, 0.1) is 23.7 Å². The van der Waals surface area contributed by atoms with Crippen LogP contribution in [0.3, 0.4) is 0 Å². The average Bonchev–Trinajstić information content (AvgIpc) is 2.77. The highest BCUT2D eigenvalue weighted by Gasteiger charge is 2.26. The Labute approximate surface area is 185 Å². The first-order chi connectivity index (χ1) is 14.9. The van der Waals surface area contributed by atoms with Crippen LogP contribution in [0.1, 0.15) is 56.8 Å². The number of para-hydroxylation sites is 1. The second kappa shape index (κ2) is 9.17. The van der Waals surface area contributed by atoms with Crippen LogP contribution >= 0.6 is 0 Å². The molecule has 1 N–H and O–H groups in total. The highest BCUT2D eigenvalue weighted by molar-refractivity contribution is 6.07. The Morgan fingerprint density at radius 2 is 1.77 bits per heavy atom. The van der Waals surface area contributed by atoms with Gasteiger partial charge in [0, 0.05) is 29.9 Å². The van der Waals surface area contributed by atoms with Crippen molar-refractivity contribution in [2.24, 2.45) is 17.3 Å². The summed E-state index contributed by atoms with van der Waals surface area (Å²) in [5, 5.41) is 4.10. The maximum Gasteiger partial charge on any atom is 0.252 e. The van der Waals surface area contributed by atoms with E-state index >= 15 is 0 Å². The van der Waals surface area contributed by atoms with Crippen molar-refractivity contribution in [3.8, 4) is 11.3 Å². The predicted molar refractivity (Wildman–Crippen MR) is 127 cm³/mol. The molecule has 1 saturated carbocycles. The lowest BCUT2D eigenvalue weighted by Crippen LogP contribution is -2.32. The molecule has 4 heteroatoms. The van der Waals surface area contributed by atoms with Gasteiger partial charge in [0.05, 0.1) is 16.8 Å². The van der Waals surface area contributed by atoms with Gasteiger partial charge in [0.1, 0.15) is 0 Å². The molecule has 0 atom stereocenters. The molecule has 0 unspecified atom stereocenters. The van der Waals surface area contributed by atoms with Gasteiger partial charge in [-0.25, -0.2) is 4.98 Å². The minimum absolute atomic E-state index is 0.0164. The van der Waals surface area contributed by atoms with Gasteiger partial charge < -0.3 is 5.32 Å². The number of hydrogen-bond donors (Lipinski definition) is 1. The van der Waals surface area contributed by atoms with Gasteiger partial charge in [-0.3, -0.25) is 9.78 Å². The molecule has 1 fully saturated rings. The third-order valence-corrected chi connectivity index (χ3v) is 6.12. The largest absolute Gasteiger partial charge is 0.352 e. The van der Waals surface area contributed by atoms with E-state index in [9.17, 15) is 4.79 Å². The molecule has 1 aliphatic carbocycles. The summed E-state index contributed by atoms with van der Waals surface area (Å²) in [4.78, 5) is 22.0. The maximum atomic E-state index is 13.2. The van der Waals surface area contributed by atoms with Crippen molar-refractivity contribution in [3.05, 3.63) is 66.8 Å². The molecule has 2 heterocycles.